The van der Waals surface area contributed by atoms with Crippen LogP contribution in [0.4, 0.5) is 0 Å². The maximum absolute atomic E-state index is 13.7. The number of ether oxygens (including phenoxy) is 1. The van der Waals surface area contributed by atoms with Crippen LogP contribution in [0.2, 0.25) is 0 Å². The van der Waals surface area contributed by atoms with E-state index < -0.39 is 0 Å². The largest absolute Gasteiger partial charge is 0.497 e. The summed E-state index contributed by atoms with van der Waals surface area (Å²) in [7, 11) is 1.68. The average Bonchev–Trinajstić information content (AvgIpc) is 3.27. The standard InChI is InChI=1S/C31H32N2O2/c1-23-29(31(34)32-18-16-25(17-19-32)20-24-10-5-3-6-11-24)22-30(26-12-7-4-8-13-26)33(23)27-14-9-15-28(21-27)35-2/h3-15,21-22,25H,16-20H2,1-2H3. The van der Waals surface area contributed by atoms with Crippen LogP contribution in [0, 0.1) is 12.8 Å². The number of benzene rings is 3. The summed E-state index contributed by atoms with van der Waals surface area (Å²) < 4.78 is 7.65. The first-order valence-electron chi connectivity index (χ1n) is 12.4. The van der Waals surface area contributed by atoms with Crippen molar-refractivity contribution in [3.8, 4) is 22.7 Å². The zero-order valence-electron chi connectivity index (χ0n) is 20.5. The molecule has 0 saturated carbocycles. The van der Waals surface area contributed by atoms with Crippen molar-refractivity contribution in [3.05, 3.63) is 108 Å². The summed E-state index contributed by atoms with van der Waals surface area (Å²) in [4.78, 5) is 15.8. The summed E-state index contributed by atoms with van der Waals surface area (Å²) in [5.74, 6) is 1.55. The second-order valence-corrected chi connectivity index (χ2v) is 9.36. The third-order valence-electron chi connectivity index (χ3n) is 7.13. The van der Waals surface area contributed by atoms with E-state index in [-0.39, 0.29) is 5.91 Å². The molecule has 1 aliphatic heterocycles. The highest BCUT2D eigenvalue weighted by Crippen LogP contribution is 2.32. The molecule has 0 aliphatic carbocycles. The Morgan fingerprint density at radius 1 is 0.886 bits per heavy atom. The van der Waals surface area contributed by atoms with E-state index in [1.807, 2.05) is 48.2 Å². The number of likely N-dealkylation sites (tertiary alicyclic amines) is 1. The van der Waals surface area contributed by atoms with Crippen LogP contribution in [0.5, 0.6) is 5.75 Å². The van der Waals surface area contributed by atoms with Crippen molar-refractivity contribution in [2.75, 3.05) is 20.2 Å². The van der Waals surface area contributed by atoms with Crippen LogP contribution in [0.25, 0.3) is 16.9 Å². The molecule has 1 fully saturated rings. The topological polar surface area (TPSA) is 34.5 Å². The van der Waals surface area contributed by atoms with Gasteiger partial charge in [0.25, 0.3) is 5.91 Å². The Bertz CT molecular complexity index is 1290. The molecule has 178 valence electrons. The van der Waals surface area contributed by atoms with Gasteiger partial charge in [0.15, 0.2) is 0 Å². The molecule has 4 nitrogen and oxygen atoms in total. The van der Waals surface area contributed by atoms with E-state index in [1.54, 1.807) is 7.11 Å². The fourth-order valence-corrected chi connectivity index (χ4v) is 5.18. The van der Waals surface area contributed by atoms with Crippen LogP contribution in [0.3, 0.4) is 0 Å². The van der Waals surface area contributed by atoms with Gasteiger partial charge in [-0.25, -0.2) is 0 Å². The first kappa shape index (κ1) is 23.0. The number of nitrogens with zero attached hydrogens (tertiary/aromatic N) is 2. The fourth-order valence-electron chi connectivity index (χ4n) is 5.18. The van der Waals surface area contributed by atoms with Crippen molar-refractivity contribution in [1.82, 2.24) is 9.47 Å². The van der Waals surface area contributed by atoms with E-state index >= 15 is 0 Å². The maximum Gasteiger partial charge on any atom is 0.255 e. The zero-order valence-corrected chi connectivity index (χ0v) is 20.5. The lowest BCUT2D eigenvalue weighted by Crippen LogP contribution is -2.39. The summed E-state index contributed by atoms with van der Waals surface area (Å²) >= 11 is 0. The molecule has 4 aromatic rings. The maximum atomic E-state index is 13.7. The molecule has 1 aromatic heterocycles. The van der Waals surface area contributed by atoms with Crippen LogP contribution in [-0.2, 0) is 6.42 Å². The van der Waals surface area contributed by atoms with Gasteiger partial charge in [-0.15, -0.1) is 0 Å². The molecular formula is C31H32N2O2. The van der Waals surface area contributed by atoms with Crippen LogP contribution < -0.4 is 4.74 Å². The second kappa shape index (κ2) is 10.2. The van der Waals surface area contributed by atoms with Gasteiger partial charge >= 0.3 is 0 Å². The number of hydrogen-bond acceptors (Lipinski definition) is 2. The molecular weight excluding hydrogens is 432 g/mol. The van der Waals surface area contributed by atoms with Gasteiger partial charge in [-0.05, 0) is 61.4 Å². The fraction of sp³-hybridized carbons (Fsp3) is 0.258. The van der Waals surface area contributed by atoms with Crippen LogP contribution >= 0.6 is 0 Å². The van der Waals surface area contributed by atoms with Crippen LogP contribution in [0.1, 0.15) is 34.5 Å². The van der Waals surface area contributed by atoms with Gasteiger partial charge in [-0.2, -0.15) is 0 Å². The summed E-state index contributed by atoms with van der Waals surface area (Å²) in [6.07, 6.45) is 3.18. The summed E-state index contributed by atoms with van der Waals surface area (Å²) in [5.41, 5.74) is 6.19. The van der Waals surface area contributed by atoms with Crippen molar-refractivity contribution in [2.45, 2.75) is 26.2 Å². The number of rotatable bonds is 6. The third kappa shape index (κ3) is 4.88. The van der Waals surface area contributed by atoms with Crippen molar-refractivity contribution in [3.63, 3.8) is 0 Å². The number of methoxy groups -OCH3 is 1. The Hall–Kier alpha value is -3.79. The minimum atomic E-state index is 0.125. The first-order chi connectivity index (χ1) is 17.1. The number of piperidine rings is 1. The van der Waals surface area contributed by atoms with E-state index in [4.69, 9.17) is 4.74 Å². The van der Waals surface area contributed by atoms with Crippen LogP contribution in [-0.4, -0.2) is 35.6 Å². The van der Waals surface area contributed by atoms with E-state index in [0.717, 1.165) is 66.3 Å². The number of aromatic nitrogens is 1. The van der Waals surface area contributed by atoms with Gasteiger partial charge in [0, 0.05) is 30.5 Å². The average molecular weight is 465 g/mol. The molecule has 0 radical (unpaired) electrons. The predicted molar refractivity (Wildman–Crippen MR) is 141 cm³/mol. The van der Waals surface area contributed by atoms with Crippen molar-refractivity contribution in [2.24, 2.45) is 5.92 Å². The smallest absolute Gasteiger partial charge is 0.255 e. The van der Waals surface area contributed by atoms with E-state index in [9.17, 15) is 4.79 Å². The second-order valence-electron chi connectivity index (χ2n) is 9.36. The Morgan fingerprint density at radius 3 is 2.26 bits per heavy atom. The lowest BCUT2D eigenvalue weighted by molar-refractivity contribution is 0.0690. The Balaban J connectivity index is 1.42. The monoisotopic (exact) mass is 464 g/mol. The molecule has 0 N–H and O–H groups in total. The van der Waals surface area contributed by atoms with E-state index in [1.165, 1.54) is 5.56 Å². The Kier molecular flexibility index (Phi) is 6.71. The molecule has 0 spiro atoms. The predicted octanol–water partition coefficient (Wildman–Crippen LogP) is 6.56. The molecule has 5 rings (SSSR count). The number of hydrogen-bond donors (Lipinski definition) is 0. The molecule has 1 amide bonds. The molecule has 4 heteroatoms. The Labute approximate surface area is 207 Å². The molecule has 35 heavy (non-hydrogen) atoms. The van der Waals surface area contributed by atoms with Crippen molar-refractivity contribution in [1.29, 1.82) is 0 Å². The lowest BCUT2D eigenvalue weighted by atomic mass is 9.90. The molecule has 0 unspecified atom stereocenters. The van der Waals surface area contributed by atoms with Gasteiger partial charge < -0.3 is 14.2 Å². The molecule has 0 bridgehead atoms. The number of amides is 1. The van der Waals surface area contributed by atoms with Gasteiger partial charge in [-0.1, -0.05) is 66.7 Å². The molecule has 1 saturated heterocycles. The van der Waals surface area contributed by atoms with E-state index in [2.05, 4.69) is 59.2 Å². The summed E-state index contributed by atoms with van der Waals surface area (Å²) in [6, 6.07) is 31.0. The number of carbonyl (C=O) groups excluding carboxylic acids is 1. The summed E-state index contributed by atoms with van der Waals surface area (Å²) in [6.45, 7) is 3.66. The molecule has 2 heterocycles. The first-order valence-corrected chi connectivity index (χ1v) is 12.4. The summed E-state index contributed by atoms with van der Waals surface area (Å²) in [5, 5.41) is 0. The van der Waals surface area contributed by atoms with Gasteiger partial charge in [0.1, 0.15) is 5.75 Å². The quantitative estimate of drug-likeness (QED) is 0.324. The molecule has 3 aromatic carbocycles. The number of carbonyl (C=O) groups is 1. The third-order valence-corrected chi connectivity index (χ3v) is 7.13. The molecule has 0 atom stereocenters. The minimum absolute atomic E-state index is 0.125. The highest BCUT2D eigenvalue weighted by molar-refractivity contribution is 5.97. The SMILES string of the molecule is COc1cccc(-n2c(-c3ccccc3)cc(C(=O)N3CCC(Cc4ccccc4)CC3)c2C)c1. The van der Waals surface area contributed by atoms with Crippen LogP contribution in [0.15, 0.2) is 91.0 Å². The van der Waals surface area contributed by atoms with Crippen molar-refractivity contribution >= 4 is 5.91 Å². The van der Waals surface area contributed by atoms with Gasteiger partial charge in [0.05, 0.1) is 18.4 Å². The zero-order chi connectivity index (χ0) is 24.2. The lowest BCUT2D eigenvalue weighted by Gasteiger charge is -2.32. The highest BCUT2D eigenvalue weighted by Gasteiger charge is 2.27. The normalized spacial score (nSPS) is 14.2. The van der Waals surface area contributed by atoms with Gasteiger partial charge in [-0.3, -0.25) is 4.79 Å². The van der Waals surface area contributed by atoms with Crippen molar-refractivity contribution < 1.29 is 9.53 Å². The molecule has 1 aliphatic rings. The Morgan fingerprint density at radius 2 is 1.57 bits per heavy atom. The van der Waals surface area contributed by atoms with Gasteiger partial charge in [0.2, 0.25) is 0 Å². The highest BCUT2D eigenvalue weighted by atomic mass is 16.5. The minimum Gasteiger partial charge on any atom is -0.497 e. The van der Waals surface area contributed by atoms with E-state index in [0.29, 0.717) is 5.92 Å².